The van der Waals surface area contributed by atoms with Crippen molar-refractivity contribution in [3.63, 3.8) is 0 Å². The predicted molar refractivity (Wildman–Crippen MR) is 70.6 cm³/mol. The zero-order valence-electron chi connectivity index (χ0n) is 8.69. The Bertz CT molecular complexity index is 495. The van der Waals surface area contributed by atoms with E-state index in [1.165, 1.54) is 16.1 Å². The first-order chi connectivity index (χ1) is 7.83. The molecule has 0 atom stereocenters. The molecule has 0 bridgehead atoms. The van der Waals surface area contributed by atoms with Crippen molar-refractivity contribution in [1.29, 1.82) is 0 Å². The van der Waals surface area contributed by atoms with Crippen LogP contribution in [0.15, 0.2) is 30.3 Å². The predicted octanol–water partition coefficient (Wildman–Crippen LogP) is 3.48. The summed E-state index contributed by atoms with van der Waals surface area (Å²) in [7, 11) is 0. The number of halogens is 1. The van der Waals surface area contributed by atoms with Gasteiger partial charge in [0.25, 0.3) is 0 Å². The number of aromatic nitrogens is 1. The van der Waals surface area contributed by atoms with Crippen LogP contribution in [0.3, 0.4) is 0 Å². The molecule has 0 aliphatic carbocycles. The maximum atomic E-state index is 4.73. The first kappa shape index (κ1) is 10.4. The molecule has 1 aromatic carbocycles. The Morgan fingerprint density at radius 2 is 2.06 bits per heavy atom. The molecule has 2 heterocycles. The van der Waals surface area contributed by atoms with Crippen LogP contribution < -0.4 is 0 Å². The Morgan fingerprint density at radius 3 is 2.88 bits per heavy atom. The molecule has 0 spiro atoms. The van der Waals surface area contributed by atoms with Gasteiger partial charge in [-0.2, -0.15) is 0 Å². The van der Waals surface area contributed by atoms with Crippen molar-refractivity contribution < 1.29 is 0 Å². The van der Waals surface area contributed by atoms with Gasteiger partial charge >= 0.3 is 0 Å². The molecule has 2 nitrogen and oxygen atoms in total. The molecule has 3 rings (SSSR count). The lowest BCUT2D eigenvalue weighted by atomic mass is 10.2. The summed E-state index contributed by atoms with van der Waals surface area (Å²) in [5, 5.41) is 1.15. The number of hydrogen-bond acceptors (Lipinski definition) is 3. The van der Waals surface area contributed by atoms with Crippen molar-refractivity contribution in [3.05, 3.63) is 40.9 Å². The van der Waals surface area contributed by atoms with Crippen LogP contribution in [-0.2, 0) is 13.0 Å². The van der Waals surface area contributed by atoms with Gasteiger partial charge in [0.05, 0.1) is 5.69 Å². The zero-order valence-corrected chi connectivity index (χ0v) is 11.1. The molecular formula is C12H11BrN2S. The smallest absolute Gasteiger partial charge is 0.123 e. The molecule has 0 unspecified atom stereocenters. The number of nitrogens with zero attached hydrogens (tertiary/aromatic N) is 2. The third kappa shape index (κ3) is 1.93. The number of benzene rings is 1. The molecule has 0 amide bonds. The minimum atomic E-state index is 0.972. The number of thiazole rings is 1. The minimum Gasteiger partial charge on any atom is -0.241 e. The topological polar surface area (TPSA) is 16.1 Å². The van der Waals surface area contributed by atoms with Crippen LogP contribution in [0.2, 0.25) is 0 Å². The maximum Gasteiger partial charge on any atom is 0.123 e. The fourth-order valence-corrected chi connectivity index (χ4v) is 3.59. The van der Waals surface area contributed by atoms with E-state index in [9.17, 15) is 0 Å². The first-order valence-corrected chi connectivity index (χ1v) is 6.80. The molecule has 0 saturated carbocycles. The van der Waals surface area contributed by atoms with Crippen LogP contribution in [0, 0.1) is 0 Å². The molecule has 4 heteroatoms. The molecule has 0 radical (unpaired) electrons. The Balaban J connectivity index is 1.99. The van der Waals surface area contributed by atoms with Gasteiger partial charge in [-0.1, -0.05) is 30.3 Å². The van der Waals surface area contributed by atoms with Crippen molar-refractivity contribution in [2.45, 2.75) is 13.0 Å². The van der Waals surface area contributed by atoms with E-state index in [-0.39, 0.29) is 0 Å². The second-order valence-corrected chi connectivity index (χ2v) is 5.94. The van der Waals surface area contributed by atoms with Crippen LogP contribution in [0.5, 0.6) is 0 Å². The lowest BCUT2D eigenvalue weighted by Crippen LogP contribution is -2.20. The zero-order chi connectivity index (χ0) is 11.0. The van der Waals surface area contributed by atoms with Gasteiger partial charge in [0.15, 0.2) is 0 Å². The number of rotatable bonds is 1. The van der Waals surface area contributed by atoms with E-state index in [1.807, 2.05) is 17.4 Å². The van der Waals surface area contributed by atoms with Crippen LogP contribution in [0.1, 0.15) is 10.6 Å². The lowest BCUT2D eigenvalue weighted by molar-refractivity contribution is 0.462. The third-order valence-electron chi connectivity index (χ3n) is 2.71. The highest BCUT2D eigenvalue weighted by Gasteiger charge is 2.19. The van der Waals surface area contributed by atoms with Gasteiger partial charge in [-0.15, -0.1) is 11.3 Å². The Labute approximate surface area is 107 Å². The minimum absolute atomic E-state index is 0.972. The SMILES string of the molecule is BrN1CCc2nc(-c3ccccc3)sc2C1. The van der Waals surface area contributed by atoms with Crippen molar-refractivity contribution in [2.24, 2.45) is 0 Å². The van der Waals surface area contributed by atoms with Crippen LogP contribution in [-0.4, -0.2) is 15.5 Å². The molecule has 1 aliphatic heterocycles. The molecule has 0 N–H and O–H groups in total. The monoisotopic (exact) mass is 294 g/mol. The van der Waals surface area contributed by atoms with E-state index in [0.29, 0.717) is 0 Å². The van der Waals surface area contributed by atoms with E-state index >= 15 is 0 Å². The van der Waals surface area contributed by atoms with Crippen molar-refractivity contribution >= 4 is 27.5 Å². The van der Waals surface area contributed by atoms with Crippen LogP contribution >= 0.6 is 27.5 Å². The van der Waals surface area contributed by atoms with Crippen molar-refractivity contribution in [2.75, 3.05) is 6.54 Å². The Kier molecular flexibility index (Phi) is 2.79. The van der Waals surface area contributed by atoms with E-state index in [4.69, 9.17) is 4.98 Å². The highest BCUT2D eigenvalue weighted by Crippen LogP contribution is 2.32. The highest BCUT2D eigenvalue weighted by atomic mass is 79.9. The average Bonchev–Trinajstić information content (AvgIpc) is 2.73. The van der Waals surface area contributed by atoms with E-state index in [2.05, 4.69) is 44.3 Å². The van der Waals surface area contributed by atoms with E-state index in [0.717, 1.165) is 24.5 Å². The van der Waals surface area contributed by atoms with Gasteiger partial charge in [-0.3, -0.25) is 0 Å². The summed E-state index contributed by atoms with van der Waals surface area (Å²) in [4.78, 5) is 6.12. The summed E-state index contributed by atoms with van der Waals surface area (Å²) in [6.07, 6.45) is 1.05. The molecule has 82 valence electrons. The summed E-state index contributed by atoms with van der Waals surface area (Å²) in [5.41, 5.74) is 2.50. The van der Waals surface area contributed by atoms with Gasteiger partial charge in [0.1, 0.15) is 5.01 Å². The molecule has 16 heavy (non-hydrogen) atoms. The van der Waals surface area contributed by atoms with Crippen molar-refractivity contribution in [1.82, 2.24) is 8.91 Å². The second-order valence-electron chi connectivity index (χ2n) is 3.85. The molecule has 1 aliphatic rings. The maximum absolute atomic E-state index is 4.73. The third-order valence-corrected chi connectivity index (χ3v) is 4.44. The molecule has 0 saturated heterocycles. The van der Waals surface area contributed by atoms with Gasteiger partial charge in [-0.25, -0.2) is 8.91 Å². The number of hydrogen-bond donors (Lipinski definition) is 0. The van der Waals surface area contributed by atoms with E-state index < -0.39 is 0 Å². The molecule has 2 aromatic rings. The van der Waals surface area contributed by atoms with E-state index in [1.54, 1.807) is 0 Å². The fraction of sp³-hybridized carbons (Fsp3) is 0.250. The molecule has 1 aromatic heterocycles. The Morgan fingerprint density at radius 1 is 1.25 bits per heavy atom. The second kappa shape index (κ2) is 4.28. The standard InChI is InChI=1S/C12H11BrN2S/c13-15-7-6-10-11(8-15)16-12(14-10)9-4-2-1-3-5-9/h1-5H,6-8H2. The normalized spacial score (nSPS) is 16.1. The summed E-state index contributed by atoms with van der Waals surface area (Å²) in [5.74, 6) is 0. The largest absolute Gasteiger partial charge is 0.241 e. The first-order valence-electron chi connectivity index (χ1n) is 5.27. The summed E-state index contributed by atoms with van der Waals surface area (Å²) < 4.78 is 2.17. The van der Waals surface area contributed by atoms with Gasteiger partial charge < -0.3 is 0 Å². The van der Waals surface area contributed by atoms with Gasteiger partial charge in [-0.05, 0) is 0 Å². The molecule has 0 fully saturated rings. The van der Waals surface area contributed by atoms with Crippen LogP contribution in [0.25, 0.3) is 10.6 Å². The summed E-state index contributed by atoms with van der Waals surface area (Å²) in [6, 6.07) is 10.4. The van der Waals surface area contributed by atoms with Gasteiger partial charge in [0.2, 0.25) is 0 Å². The fourth-order valence-electron chi connectivity index (χ4n) is 1.87. The lowest BCUT2D eigenvalue weighted by Gasteiger charge is -2.18. The van der Waals surface area contributed by atoms with Crippen molar-refractivity contribution in [3.8, 4) is 10.6 Å². The average molecular weight is 295 g/mol. The Hall–Kier alpha value is -0.710. The number of fused-ring (bicyclic) bond motifs is 1. The summed E-state index contributed by atoms with van der Waals surface area (Å²) in [6.45, 7) is 2.02. The highest BCUT2D eigenvalue weighted by molar-refractivity contribution is 9.07. The molecular weight excluding hydrogens is 284 g/mol. The van der Waals surface area contributed by atoms with Gasteiger partial charge in [0, 0.05) is 46.1 Å². The summed E-state index contributed by atoms with van der Waals surface area (Å²) >= 11 is 5.35. The van der Waals surface area contributed by atoms with Crippen LogP contribution in [0.4, 0.5) is 0 Å². The quantitative estimate of drug-likeness (QED) is 0.749.